The molecule has 0 saturated heterocycles. The van der Waals surface area contributed by atoms with Gasteiger partial charge in [0.2, 0.25) is 0 Å². The first-order valence-electron chi connectivity index (χ1n) is 13.4. The van der Waals surface area contributed by atoms with Crippen molar-refractivity contribution in [3.8, 4) is 11.1 Å². The zero-order valence-corrected chi connectivity index (χ0v) is 23.0. The number of benzene rings is 2. The number of hydrogen-bond donors (Lipinski definition) is 1. The number of primary amides is 1. The number of nitrogens with zero attached hydrogens (tertiary/aromatic N) is 4. The van der Waals surface area contributed by atoms with Crippen LogP contribution in [0.2, 0.25) is 0 Å². The highest BCUT2D eigenvalue weighted by molar-refractivity contribution is 7.40. The second-order valence-electron chi connectivity index (χ2n) is 10.8. The summed E-state index contributed by atoms with van der Waals surface area (Å²) in [6.45, 7) is -0.316. The summed E-state index contributed by atoms with van der Waals surface area (Å²) in [5, 5.41) is 4.90. The number of amides is 2. The number of rotatable bonds is 7. The van der Waals surface area contributed by atoms with E-state index in [1.165, 1.54) is 39.8 Å². The van der Waals surface area contributed by atoms with E-state index in [2.05, 4.69) is 10.1 Å². The molecule has 1 saturated carbocycles. The molecule has 0 bridgehead atoms. The van der Waals surface area contributed by atoms with Crippen LogP contribution in [0.4, 0.5) is 22.0 Å². The van der Waals surface area contributed by atoms with Crippen LogP contribution in [0, 0.1) is 23.4 Å². The minimum Gasteiger partial charge on any atom is -0.366 e. The monoisotopic (exact) mass is 609 g/mol. The van der Waals surface area contributed by atoms with Crippen molar-refractivity contribution >= 4 is 25.5 Å². The van der Waals surface area contributed by atoms with E-state index in [9.17, 15) is 31.5 Å². The molecule has 2 aromatic heterocycles. The van der Waals surface area contributed by atoms with Gasteiger partial charge in [0.15, 0.2) is 0 Å². The molecule has 7 nitrogen and oxygen atoms in total. The summed E-state index contributed by atoms with van der Waals surface area (Å²) in [5.74, 6) is -3.93. The lowest BCUT2D eigenvalue weighted by molar-refractivity contribution is -0.128. The van der Waals surface area contributed by atoms with Crippen LogP contribution in [0.5, 0.6) is 0 Å². The maximum absolute atomic E-state index is 14.4. The third-order valence-corrected chi connectivity index (χ3v) is 9.56. The number of hydrogen-bond acceptors (Lipinski definition) is 4. The average Bonchev–Trinajstić information content (AvgIpc) is 3.59. The predicted octanol–water partition coefficient (Wildman–Crippen LogP) is 5.72. The van der Waals surface area contributed by atoms with Crippen LogP contribution in [-0.2, 0) is 17.8 Å². The van der Waals surface area contributed by atoms with E-state index in [0.29, 0.717) is 42.9 Å². The Balaban J connectivity index is 1.39. The molecule has 4 aromatic rings. The standard InChI is InChI=1S/C30H21F5N5O2P/c31-15-6-13(7-16(32)10-15)8-22(25-17(2-1-5-37-25)14-3-4-21(33)20(9-14)30(36)42)40-23(41)12-39-27-24(26(38-39)29(34)35)18-11-19(18)28(27)43-40/h1-7,9-10,18-19,22,29H,8,11-12H2,(H2,36,42)/t18?,19?,22-/m0/s1. The van der Waals surface area contributed by atoms with Gasteiger partial charge in [-0.3, -0.25) is 23.9 Å². The van der Waals surface area contributed by atoms with Gasteiger partial charge in [0.1, 0.15) is 29.7 Å². The maximum Gasteiger partial charge on any atom is 0.282 e. The molecule has 2 amide bonds. The maximum atomic E-state index is 14.4. The number of pyridine rings is 1. The summed E-state index contributed by atoms with van der Waals surface area (Å²) in [5.41, 5.74) is 7.20. The second kappa shape index (κ2) is 10.1. The molecule has 0 spiro atoms. The van der Waals surface area contributed by atoms with Crippen LogP contribution < -0.4 is 5.73 Å². The van der Waals surface area contributed by atoms with Gasteiger partial charge in [-0.1, -0.05) is 12.1 Å². The molecule has 3 atom stereocenters. The largest absolute Gasteiger partial charge is 0.366 e. The molecule has 13 heteroatoms. The van der Waals surface area contributed by atoms with E-state index < -0.39 is 41.7 Å². The quantitative estimate of drug-likeness (QED) is 0.214. The Morgan fingerprint density at radius 2 is 1.81 bits per heavy atom. The summed E-state index contributed by atoms with van der Waals surface area (Å²) >= 11 is 0. The van der Waals surface area contributed by atoms with E-state index in [-0.39, 0.29) is 41.6 Å². The summed E-state index contributed by atoms with van der Waals surface area (Å²) < 4.78 is 73.5. The number of halogens is 5. The Bertz CT molecular complexity index is 1860. The zero-order chi connectivity index (χ0) is 30.2. The molecule has 218 valence electrons. The molecule has 1 fully saturated rings. The molecule has 3 heterocycles. The lowest BCUT2D eigenvalue weighted by Gasteiger charge is -2.29. The molecule has 1 aliphatic heterocycles. The number of alkyl halides is 2. The molecule has 2 aromatic carbocycles. The van der Waals surface area contributed by atoms with Crippen LogP contribution in [0.15, 0.2) is 54.7 Å². The number of carbonyl (C=O) groups is 2. The van der Waals surface area contributed by atoms with Gasteiger partial charge in [0.05, 0.1) is 23.0 Å². The van der Waals surface area contributed by atoms with Gasteiger partial charge in [-0.25, -0.2) is 22.0 Å². The van der Waals surface area contributed by atoms with E-state index in [0.717, 1.165) is 17.4 Å². The van der Waals surface area contributed by atoms with Crippen molar-refractivity contribution in [1.29, 1.82) is 0 Å². The van der Waals surface area contributed by atoms with E-state index in [1.54, 1.807) is 12.1 Å². The number of aromatic nitrogens is 3. The minimum absolute atomic E-state index is 0.0162. The fraction of sp³-hybridized carbons (Fsp3) is 0.233. The van der Waals surface area contributed by atoms with Gasteiger partial charge < -0.3 is 5.73 Å². The summed E-state index contributed by atoms with van der Waals surface area (Å²) in [4.78, 5) is 30.4. The first-order chi connectivity index (χ1) is 20.6. The first kappa shape index (κ1) is 27.4. The van der Waals surface area contributed by atoms with Crippen molar-refractivity contribution in [2.24, 2.45) is 11.7 Å². The molecular formula is C30H21F5N5O2P. The van der Waals surface area contributed by atoms with E-state index in [1.807, 2.05) is 0 Å². The minimum atomic E-state index is -2.77. The Hall–Kier alpha value is -4.44. The molecule has 3 aliphatic rings. The second-order valence-corrected chi connectivity index (χ2v) is 11.9. The number of fused-ring (bicyclic) bond motifs is 3. The third kappa shape index (κ3) is 4.60. The van der Waals surface area contributed by atoms with Crippen LogP contribution >= 0.6 is 8.35 Å². The predicted molar refractivity (Wildman–Crippen MR) is 147 cm³/mol. The van der Waals surface area contributed by atoms with Crippen molar-refractivity contribution in [3.05, 3.63) is 106 Å². The Morgan fingerprint density at radius 3 is 2.53 bits per heavy atom. The van der Waals surface area contributed by atoms with Crippen molar-refractivity contribution < 1.29 is 31.5 Å². The van der Waals surface area contributed by atoms with Gasteiger partial charge >= 0.3 is 0 Å². The van der Waals surface area contributed by atoms with E-state index >= 15 is 0 Å². The Morgan fingerprint density at radius 1 is 1.05 bits per heavy atom. The fourth-order valence-electron chi connectivity index (χ4n) is 6.19. The zero-order valence-electron chi connectivity index (χ0n) is 22.1. The van der Waals surface area contributed by atoms with Gasteiger partial charge in [-0.05, 0) is 66.1 Å². The number of nitrogens with two attached hydrogens (primary N) is 1. The topological polar surface area (TPSA) is 94.1 Å². The Kier molecular flexibility index (Phi) is 6.42. The highest BCUT2D eigenvalue weighted by atomic mass is 31.1. The average molecular weight is 609 g/mol. The summed E-state index contributed by atoms with van der Waals surface area (Å²) in [6.07, 6.45) is -0.665. The SMILES string of the molecule is NC(=O)c1cc(-c2cccnc2[C@H](Cc2cc(F)cc(F)c2)N2P=C3c4c(c(C(F)F)nn4CC2=O)C2CC32)ccc1F. The molecule has 2 N–H and O–H groups in total. The molecule has 0 radical (unpaired) electrons. The summed E-state index contributed by atoms with van der Waals surface area (Å²) in [6, 6.07) is 9.30. The third-order valence-electron chi connectivity index (χ3n) is 8.08. The van der Waals surface area contributed by atoms with E-state index in [4.69, 9.17) is 5.73 Å². The van der Waals surface area contributed by atoms with Crippen LogP contribution in [0.3, 0.4) is 0 Å². The molecule has 2 unspecified atom stereocenters. The van der Waals surface area contributed by atoms with Crippen molar-refractivity contribution in [1.82, 2.24) is 19.4 Å². The van der Waals surface area contributed by atoms with Crippen LogP contribution in [0.25, 0.3) is 11.1 Å². The highest BCUT2D eigenvalue weighted by Crippen LogP contribution is 2.60. The summed E-state index contributed by atoms with van der Waals surface area (Å²) in [7, 11) is 0.422. The van der Waals surface area contributed by atoms with Gasteiger partial charge in [0.25, 0.3) is 18.2 Å². The fourth-order valence-corrected chi connectivity index (χ4v) is 7.70. The van der Waals surface area contributed by atoms with Crippen molar-refractivity contribution in [2.75, 3.05) is 0 Å². The van der Waals surface area contributed by atoms with Gasteiger partial charge in [0, 0.05) is 37.0 Å². The molecule has 43 heavy (non-hydrogen) atoms. The van der Waals surface area contributed by atoms with Crippen molar-refractivity contribution in [2.45, 2.75) is 37.8 Å². The lowest BCUT2D eigenvalue weighted by Crippen LogP contribution is -2.32. The van der Waals surface area contributed by atoms with Gasteiger partial charge in [-0.2, -0.15) is 5.10 Å². The molecule has 2 aliphatic carbocycles. The highest BCUT2D eigenvalue weighted by Gasteiger charge is 2.55. The normalized spacial score (nSPS) is 19.5. The van der Waals surface area contributed by atoms with Gasteiger partial charge in [-0.15, -0.1) is 0 Å². The number of carbonyl (C=O) groups excluding carboxylic acids is 2. The molecule has 7 rings (SSSR count). The van der Waals surface area contributed by atoms with Crippen LogP contribution in [0.1, 0.15) is 63.4 Å². The van der Waals surface area contributed by atoms with Crippen LogP contribution in [-0.4, -0.2) is 36.5 Å². The first-order valence-corrected chi connectivity index (χ1v) is 14.2. The van der Waals surface area contributed by atoms with Crippen molar-refractivity contribution in [3.63, 3.8) is 0 Å². The lowest BCUT2D eigenvalue weighted by atomic mass is 9.94. The smallest absolute Gasteiger partial charge is 0.282 e. The Labute approximate surface area is 243 Å². The molecular weight excluding hydrogens is 588 g/mol.